The van der Waals surface area contributed by atoms with Gasteiger partial charge in [0.15, 0.2) is 0 Å². The Balaban J connectivity index is 1.89. The fraction of sp³-hybridized carbons (Fsp3) is 0. The molecule has 2 aromatic carbocycles. The lowest BCUT2D eigenvalue weighted by molar-refractivity contribution is 1.28. The van der Waals surface area contributed by atoms with Gasteiger partial charge in [-0.3, -0.25) is 0 Å². The van der Waals surface area contributed by atoms with E-state index in [0.717, 1.165) is 16.1 Å². The average molecular weight is 318 g/mol. The third-order valence-corrected chi connectivity index (χ3v) is 4.32. The first kappa shape index (κ1) is 14.8. The third-order valence-electron chi connectivity index (χ3n) is 3.43. The van der Waals surface area contributed by atoms with Gasteiger partial charge in [0, 0.05) is 10.9 Å². The summed E-state index contributed by atoms with van der Waals surface area (Å²) in [5.74, 6) is 0. The van der Waals surface area contributed by atoms with Crippen LogP contribution in [-0.4, -0.2) is 4.98 Å². The van der Waals surface area contributed by atoms with E-state index in [0.29, 0.717) is 5.69 Å². The summed E-state index contributed by atoms with van der Waals surface area (Å²) in [6, 6.07) is 20.2. The number of allylic oxidation sites excluding steroid dienone is 1. The number of benzene rings is 2. The van der Waals surface area contributed by atoms with Crippen LogP contribution in [0.1, 0.15) is 5.69 Å². The molecule has 3 aromatic rings. The maximum atomic E-state index is 8.79. The molecule has 0 aliphatic heterocycles. The highest BCUT2D eigenvalue weighted by Crippen LogP contribution is 2.28. The molecule has 0 radical (unpaired) electrons. The van der Waals surface area contributed by atoms with Crippen LogP contribution in [-0.2, 0) is 0 Å². The normalized spacial score (nSPS) is 11.6. The predicted octanol–water partition coefficient (Wildman–Crippen LogP) is 3.59. The number of rotatable bonds is 3. The van der Waals surface area contributed by atoms with Crippen molar-refractivity contribution in [1.29, 1.82) is 5.26 Å². The summed E-state index contributed by atoms with van der Waals surface area (Å²) in [5, 5.41) is 11.4. The van der Waals surface area contributed by atoms with Crippen LogP contribution in [0.15, 0.2) is 65.7 Å². The van der Waals surface area contributed by atoms with Gasteiger partial charge in [-0.05, 0) is 11.1 Å². The van der Waals surface area contributed by atoms with Gasteiger partial charge >= 0.3 is 0 Å². The van der Waals surface area contributed by atoms with Gasteiger partial charge in [-0.25, -0.2) is 4.98 Å². The van der Waals surface area contributed by atoms with E-state index in [4.69, 9.17) is 16.7 Å². The Morgan fingerprint density at radius 2 is 1.52 bits per heavy atom. The number of hydrogen-bond donors (Lipinski definition) is 2. The fourth-order valence-electron chi connectivity index (χ4n) is 2.16. The Morgan fingerprint density at radius 3 is 2.17 bits per heavy atom. The maximum Gasteiger partial charge on any atom is 0.136 e. The van der Waals surface area contributed by atoms with Crippen molar-refractivity contribution >= 4 is 17.0 Å². The predicted molar refractivity (Wildman–Crippen MR) is 93.9 cm³/mol. The minimum atomic E-state index is -0.0127. The number of nitrogens with two attached hydrogens (primary N) is 2. The first-order chi connectivity index (χ1) is 11.2. The first-order valence-electron chi connectivity index (χ1n) is 6.96. The van der Waals surface area contributed by atoms with Gasteiger partial charge in [-0.2, -0.15) is 5.26 Å². The lowest BCUT2D eigenvalue weighted by atomic mass is 10.0. The van der Waals surface area contributed by atoms with Crippen molar-refractivity contribution in [2.45, 2.75) is 0 Å². The molecule has 0 unspecified atom stereocenters. The molecule has 0 fully saturated rings. The molecule has 3 rings (SSSR count). The van der Waals surface area contributed by atoms with Crippen LogP contribution >= 0.6 is 11.3 Å². The molecule has 0 atom stereocenters. The maximum absolute atomic E-state index is 8.79. The monoisotopic (exact) mass is 318 g/mol. The van der Waals surface area contributed by atoms with E-state index < -0.39 is 0 Å². The van der Waals surface area contributed by atoms with E-state index in [1.807, 2.05) is 36.4 Å². The zero-order valence-electron chi connectivity index (χ0n) is 12.2. The second-order valence-corrected chi connectivity index (χ2v) is 5.78. The SMILES string of the molecule is N#C/C(N)=C(/N)c1csc(-c2ccc(-c3ccccc3)cc2)n1. The Labute approximate surface area is 138 Å². The van der Waals surface area contributed by atoms with E-state index in [9.17, 15) is 0 Å². The standard InChI is InChI=1S/C18H14N4S/c19-10-15(20)17(21)16-11-23-18(22-16)14-8-6-13(7-9-14)12-4-2-1-3-5-12/h1-9,11H,20-21H2/b17-15-. The highest BCUT2D eigenvalue weighted by molar-refractivity contribution is 7.13. The molecule has 0 saturated heterocycles. The summed E-state index contributed by atoms with van der Waals surface area (Å²) in [6.45, 7) is 0. The fourth-order valence-corrected chi connectivity index (χ4v) is 2.99. The summed E-state index contributed by atoms with van der Waals surface area (Å²) >= 11 is 1.47. The molecule has 1 heterocycles. The Morgan fingerprint density at radius 1 is 0.913 bits per heavy atom. The molecule has 1 aromatic heterocycles. The summed E-state index contributed by atoms with van der Waals surface area (Å²) in [6.07, 6.45) is 0. The van der Waals surface area contributed by atoms with Crippen LogP contribution in [0, 0.1) is 11.3 Å². The van der Waals surface area contributed by atoms with Crippen molar-refractivity contribution in [3.63, 3.8) is 0 Å². The lowest BCUT2D eigenvalue weighted by Crippen LogP contribution is -2.07. The highest BCUT2D eigenvalue weighted by atomic mass is 32.1. The number of nitriles is 1. The van der Waals surface area contributed by atoms with Gasteiger partial charge in [0.05, 0.1) is 5.70 Å². The van der Waals surface area contributed by atoms with Gasteiger partial charge in [-0.15, -0.1) is 11.3 Å². The largest absolute Gasteiger partial charge is 0.395 e. The molecular formula is C18H14N4S. The zero-order chi connectivity index (χ0) is 16.2. The van der Waals surface area contributed by atoms with Crippen LogP contribution in [0.3, 0.4) is 0 Å². The molecule has 0 aliphatic carbocycles. The van der Waals surface area contributed by atoms with E-state index in [2.05, 4.69) is 29.2 Å². The summed E-state index contributed by atoms with van der Waals surface area (Å²) in [5.41, 5.74) is 15.4. The zero-order valence-corrected chi connectivity index (χ0v) is 13.0. The van der Waals surface area contributed by atoms with Gasteiger partial charge in [0.25, 0.3) is 0 Å². The van der Waals surface area contributed by atoms with Crippen LogP contribution in [0.2, 0.25) is 0 Å². The van der Waals surface area contributed by atoms with Gasteiger partial charge < -0.3 is 11.5 Å². The molecule has 0 bridgehead atoms. The molecule has 112 valence electrons. The van der Waals surface area contributed by atoms with E-state index in [1.165, 1.54) is 16.9 Å². The molecule has 4 nitrogen and oxygen atoms in total. The quantitative estimate of drug-likeness (QED) is 0.722. The smallest absolute Gasteiger partial charge is 0.136 e. The minimum Gasteiger partial charge on any atom is -0.395 e. The second-order valence-electron chi connectivity index (χ2n) is 4.92. The van der Waals surface area contributed by atoms with Crippen molar-refractivity contribution in [1.82, 2.24) is 4.98 Å². The molecule has 0 spiro atoms. The molecule has 4 N–H and O–H groups in total. The van der Waals surface area contributed by atoms with Crippen LogP contribution in [0.4, 0.5) is 0 Å². The van der Waals surface area contributed by atoms with E-state index >= 15 is 0 Å². The van der Waals surface area contributed by atoms with Crippen molar-refractivity contribution in [2.75, 3.05) is 0 Å². The minimum absolute atomic E-state index is 0.0127. The molecule has 23 heavy (non-hydrogen) atoms. The van der Waals surface area contributed by atoms with Crippen LogP contribution in [0.25, 0.3) is 27.4 Å². The van der Waals surface area contributed by atoms with Gasteiger partial charge in [-0.1, -0.05) is 54.6 Å². The molecule has 0 amide bonds. The number of nitrogens with zero attached hydrogens (tertiary/aromatic N) is 2. The number of aromatic nitrogens is 1. The van der Waals surface area contributed by atoms with Crippen molar-refractivity contribution in [3.05, 3.63) is 71.4 Å². The molecular weight excluding hydrogens is 304 g/mol. The topological polar surface area (TPSA) is 88.7 Å². The number of thiazole rings is 1. The summed E-state index contributed by atoms with van der Waals surface area (Å²) < 4.78 is 0. The van der Waals surface area contributed by atoms with Gasteiger partial charge in [0.2, 0.25) is 0 Å². The van der Waals surface area contributed by atoms with E-state index in [-0.39, 0.29) is 11.4 Å². The lowest BCUT2D eigenvalue weighted by Gasteiger charge is -2.02. The molecule has 0 aliphatic rings. The van der Waals surface area contributed by atoms with Crippen molar-refractivity contribution < 1.29 is 0 Å². The van der Waals surface area contributed by atoms with Gasteiger partial charge in [0.1, 0.15) is 22.5 Å². The second kappa shape index (κ2) is 6.34. The average Bonchev–Trinajstić information content (AvgIpc) is 3.11. The van der Waals surface area contributed by atoms with Crippen molar-refractivity contribution in [3.8, 4) is 27.8 Å². The van der Waals surface area contributed by atoms with Crippen LogP contribution < -0.4 is 11.5 Å². The molecule has 0 saturated carbocycles. The highest BCUT2D eigenvalue weighted by Gasteiger charge is 2.09. The van der Waals surface area contributed by atoms with Crippen LogP contribution in [0.5, 0.6) is 0 Å². The Hall–Kier alpha value is -3.10. The Kier molecular flexibility index (Phi) is 4.09. The molecule has 5 heteroatoms. The van der Waals surface area contributed by atoms with E-state index in [1.54, 1.807) is 5.38 Å². The number of hydrogen-bond acceptors (Lipinski definition) is 5. The third kappa shape index (κ3) is 3.07. The Bertz CT molecular complexity index is 887. The first-order valence-corrected chi connectivity index (χ1v) is 7.84. The summed E-state index contributed by atoms with van der Waals surface area (Å²) in [7, 11) is 0. The summed E-state index contributed by atoms with van der Waals surface area (Å²) in [4.78, 5) is 4.46. The van der Waals surface area contributed by atoms with Crippen molar-refractivity contribution in [2.24, 2.45) is 11.5 Å².